The topological polar surface area (TPSA) is 50.7 Å². The molecular formula is C13H15BrN4S. The second kappa shape index (κ2) is 6.86. The second-order valence-corrected chi connectivity index (χ2v) is 5.85. The molecule has 0 unspecified atom stereocenters. The number of aromatic nitrogens is 3. The average Bonchev–Trinajstić information content (AvgIpc) is 2.43. The highest BCUT2D eigenvalue weighted by Crippen LogP contribution is 2.31. The Balaban J connectivity index is 2.30. The fourth-order valence-corrected chi connectivity index (χ4v) is 2.79. The van der Waals surface area contributed by atoms with Gasteiger partial charge >= 0.3 is 0 Å². The first-order valence-corrected chi connectivity index (χ1v) is 7.66. The molecule has 100 valence electrons. The van der Waals surface area contributed by atoms with E-state index in [1.54, 1.807) is 24.3 Å². The Hall–Kier alpha value is -1.14. The standard InChI is InChI=1S/C13H15BrN4S/c1-3-4-10-12(15-2)17-8-18-13(10)19-11-6-5-9(14)7-16-11/h5-8H,3-4H2,1-2H3,(H,15,17,18). The summed E-state index contributed by atoms with van der Waals surface area (Å²) < 4.78 is 0.976. The number of halogens is 1. The van der Waals surface area contributed by atoms with Crippen LogP contribution in [0.2, 0.25) is 0 Å². The van der Waals surface area contributed by atoms with Crippen LogP contribution >= 0.6 is 27.7 Å². The van der Waals surface area contributed by atoms with Crippen molar-refractivity contribution in [3.05, 3.63) is 34.7 Å². The lowest BCUT2D eigenvalue weighted by atomic mass is 10.2. The SMILES string of the molecule is CCCc1c(NC)ncnc1Sc1ccc(Br)cn1. The molecule has 0 aromatic carbocycles. The van der Waals surface area contributed by atoms with Crippen LogP contribution in [0.5, 0.6) is 0 Å². The molecule has 19 heavy (non-hydrogen) atoms. The zero-order chi connectivity index (χ0) is 13.7. The Bertz CT molecular complexity index is 545. The Kier molecular flexibility index (Phi) is 5.15. The summed E-state index contributed by atoms with van der Waals surface area (Å²) in [5.74, 6) is 0.900. The van der Waals surface area contributed by atoms with Crippen molar-refractivity contribution in [3.63, 3.8) is 0 Å². The van der Waals surface area contributed by atoms with Crippen molar-refractivity contribution in [3.8, 4) is 0 Å². The van der Waals surface area contributed by atoms with Gasteiger partial charge in [0.05, 0.1) is 0 Å². The highest BCUT2D eigenvalue weighted by atomic mass is 79.9. The quantitative estimate of drug-likeness (QED) is 0.840. The van der Waals surface area contributed by atoms with Gasteiger partial charge < -0.3 is 5.32 Å². The summed E-state index contributed by atoms with van der Waals surface area (Å²) in [5.41, 5.74) is 1.15. The van der Waals surface area contributed by atoms with Crippen molar-refractivity contribution in [2.75, 3.05) is 12.4 Å². The minimum absolute atomic E-state index is 0.900. The molecule has 1 N–H and O–H groups in total. The molecule has 0 amide bonds. The minimum Gasteiger partial charge on any atom is -0.373 e. The second-order valence-electron chi connectivity index (χ2n) is 3.92. The first-order valence-electron chi connectivity index (χ1n) is 6.05. The molecule has 2 aromatic rings. The van der Waals surface area contributed by atoms with Gasteiger partial charge in [0.2, 0.25) is 0 Å². The molecule has 0 aliphatic heterocycles. The van der Waals surface area contributed by atoms with Crippen molar-refractivity contribution < 1.29 is 0 Å². The fraction of sp³-hybridized carbons (Fsp3) is 0.308. The highest BCUT2D eigenvalue weighted by molar-refractivity contribution is 9.10. The molecule has 2 rings (SSSR count). The summed E-state index contributed by atoms with van der Waals surface area (Å²) in [5, 5.41) is 5.02. The molecule has 0 saturated heterocycles. The van der Waals surface area contributed by atoms with E-state index in [4.69, 9.17) is 0 Å². The lowest BCUT2D eigenvalue weighted by molar-refractivity contribution is 0.857. The molecule has 0 bridgehead atoms. The summed E-state index contributed by atoms with van der Waals surface area (Å²) in [6, 6.07) is 3.96. The number of nitrogens with zero attached hydrogens (tertiary/aromatic N) is 3. The normalized spacial score (nSPS) is 10.5. The monoisotopic (exact) mass is 338 g/mol. The van der Waals surface area contributed by atoms with Crippen LogP contribution < -0.4 is 5.32 Å². The third kappa shape index (κ3) is 3.67. The number of hydrogen-bond donors (Lipinski definition) is 1. The highest BCUT2D eigenvalue weighted by Gasteiger charge is 2.11. The van der Waals surface area contributed by atoms with Gasteiger partial charge in [-0.3, -0.25) is 0 Å². The molecule has 0 aliphatic carbocycles. The molecule has 0 aliphatic rings. The van der Waals surface area contributed by atoms with E-state index in [1.165, 1.54) is 0 Å². The van der Waals surface area contributed by atoms with Gasteiger partial charge in [0, 0.05) is 23.3 Å². The van der Waals surface area contributed by atoms with Crippen molar-refractivity contribution in [2.45, 2.75) is 29.8 Å². The molecular weight excluding hydrogens is 324 g/mol. The van der Waals surface area contributed by atoms with Crippen molar-refractivity contribution >= 4 is 33.5 Å². The van der Waals surface area contributed by atoms with Gasteiger partial charge in [-0.25, -0.2) is 15.0 Å². The summed E-state index contributed by atoms with van der Waals surface area (Å²) in [6.07, 6.45) is 5.40. The summed E-state index contributed by atoms with van der Waals surface area (Å²) in [7, 11) is 1.88. The van der Waals surface area contributed by atoms with Crippen molar-refractivity contribution in [1.82, 2.24) is 15.0 Å². The van der Waals surface area contributed by atoms with Crippen LogP contribution in [0.3, 0.4) is 0 Å². The maximum absolute atomic E-state index is 4.38. The van der Waals surface area contributed by atoms with Gasteiger partial charge in [-0.1, -0.05) is 13.3 Å². The van der Waals surface area contributed by atoms with E-state index < -0.39 is 0 Å². The first-order chi connectivity index (χ1) is 9.24. The predicted octanol–water partition coefficient (Wildman–Crippen LogP) is 3.78. The van der Waals surface area contributed by atoms with E-state index in [2.05, 4.69) is 43.1 Å². The summed E-state index contributed by atoms with van der Waals surface area (Å²) in [6.45, 7) is 2.15. The Morgan fingerprint density at radius 2 is 2.11 bits per heavy atom. The number of hydrogen-bond acceptors (Lipinski definition) is 5. The molecule has 0 saturated carbocycles. The van der Waals surface area contributed by atoms with Gasteiger partial charge in [-0.15, -0.1) is 0 Å². The van der Waals surface area contributed by atoms with E-state index in [0.717, 1.165) is 38.7 Å². The van der Waals surface area contributed by atoms with Crippen LogP contribution in [0.1, 0.15) is 18.9 Å². The number of nitrogens with one attached hydrogen (secondary N) is 1. The Morgan fingerprint density at radius 1 is 1.26 bits per heavy atom. The number of anilines is 1. The number of rotatable bonds is 5. The van der Waals surface area contributed by atoms with E-state index in [0.29, 0.717) is 0 Å². The predicted molar refractivity (Wildman–Crippen MR) is 81.6 cm³/mol. The van der Waals surface area contributed by atoms with Crippen molar-refractivity contribution in [1.29, 1.82) is 0 Å². The van der Waals surface area contributed by atoms with Crippen LogP contribution in [0.4, 0.5) is 5.82 Å². The lowest BCUT2D eigenvalue weighted by Gasteiger charge is -2.11. The largest absolute Gasteiger partial charge is 0.373 e. The van der Waals surface area contributed by atoms with Gasteiger partial charge in [-0.05, 0) is 46.2 Å². The summed E-state index contributed by atoms with van der Waals surface area (Å²) >= 11 is 4.95. The smallest absolute Gasteiger partial charge is 0.133 e. The van der Waals surface area contributed by atoms with Crippen LogP contribution in [0.15, 0.2) is 39.2 Å². The lowest BCUT2D eigenvalue weighted by Crippen LogP contribution is -2.02. The molecule has 2 aromatic heterocycles. The maximum atomic E-state index is 4.38. The molecule has 6 heteroatoms. The van der Waals surface area contributed by atoms with Crippen LogP contribution in [-0.4, -0.2) is 22.0 Å². The van der Waals surface area contributed by atoms with Gasteiger partial charge in [0.15, 0.2) is 0 Å². The average molecular weight is 339 g/mol. The van der Waals surface area contributed by atoms with Crippen LogP contribution in [0, 0.1) is 0 Å². The molecule has 0 spiro atoms. The van der Waals surface area contributed by atoms with Gasteiger partial charge in [0.25, 0.3) is 0 Å². The van der Waals surface area contributed by atoms with E-state index in [9.17, 15) is 0 Å². The molecule has 4 nitrogen and oxygen atoms in total. The maximum Gasteiger partial charge on any atom is 0.133 e. The third-order valence-corrected chi connectivity index (χ3v) is 4.01. The summed E-state index contributed by atoms with van der Waals surface area (Å²) in [4.78, 5) is 13.0. The zero-order valence-corrected chi connectivity index (χ0v) is 13.3. The number of pyridine rings is 1. The molecule has 0 fully saturated rings. The van der Waals surface area contributed by atoms with E-state index in [-0.39, 0.29) is 0 Å². The fourth-order valence-electron chi connectivity index (χ4n) is 1.70. The van der Waals surface area contributed by atoms with Crippen LogP contribution in [0.25, 0.3) is 0 Å². The minimum atomic E-state index is 0.900. The Labute approximate surface area is 125 Å². The van der Waals surface area contributed by atoms with Gasteiger partial charge in [-0.2, -0.15) is 0 Å². The van der Waals surface area contributed by atoms with Gasteiger partial charge in [0.1, 0.15) is 22.2 Å². The third-order valence-electron chi connectivity index (χ3n) is 2.54. The first kappa shape index (κ1) is 14.3. The van der Waals surface area contributed by atoms with E-state index >= 15 is 0 Å². The van der Waals surface area contributed by atoms with Crippen LogP contribution in [-0.2, 0) is 6.42 Å². The van der Waals surface area contributed by atoms with E-state index in [1.807, 2.05) is 19.2 Å². The molecule has 0 radical (unpaired) electrons. The molecule has 0 atom stereocenters. The molecule has 2 heterocycles. The van der Waals surface area contributed by atoms with Crippen molar-refractivity contribution in [2.24, 2.45) is 0 Å². The Morgan fingerprint density at radius 3 is 2.74 bits per heavy atom. The zero-order valence-electron chi connectivity index (χ0n) is 10.9.